The highest BCUT2D eigenvalue weighted by Crippen LogP contribution is 2.38. The molecule has 0 radical (unpaired) electrons. The Labute approximate surface area is 124 Å². The van der Waals surface area contributed by atoms with Crippen LogP contribution in [0.3, 0.4) is 0 Å². The fourth-order valence-electron chi connectivity index (χ4n) is 2.31. The van der Waals surface area contributed by atoms with E-state index in [1.54, 1.807) is 18.4 Å². The molecule has 1 aliphatic carbocycles. The molecule has 5 heteroatoms. The minimum atomic E-state index is 0.366. The summed E-state index contributed by atoms with van der Waals surface area (Å²) >= 11 is 5.20. The van der Waals surface area contributed by atoms with Crippen molar-refractivity contribution in [2.45, 2.75) is 24.8 Å². The van der Waals surface area contributed by atoms with Crippen molar-refractivity contribution >= 4 is 27.3 Å². The molecule has 1 aliphatic rings. The summed E-state index contributed by atoms with van der Waals surface area (Å²) in [6.45, 7) is 0. The van der Waals surface area contributed by atoms with Gasteiger partial charge in [0.15, 0.2) is 0 Å². The van der Waals surface area contributed by atoms with Gasteiger partial charge in [-0.3, -0.25) is 0 Å². The first kappa shape index (κ1) is 13.1. The lowest BCUT2D eigenvalue weighted by Crippen LogP contribution is -2.34. The van der Waals surface area contributed by atoms with Gasteiger partial charge in [-0.15, -0.1) is 11.3 Å². The summed E-state index contributed by atoms with van der Waals surface area (Å²) in [5.74, 6) is 1.40. The highest BCUT2D eigenvalue weighted by Gasteiger charge is 2.29. The topological polar surface area (TPSA) is 48.1 Å². The van der Waals surface area contributed by atoms with Gasteiger partial charge in [-0.25, -0.2) is 4.98 Å². The summed E-state index contributed by atoms with van der Waals surface area (Å²) in [6.07, 6.45) is 2.13. The molecule has 0 spiro atoms. The first-order chi connectivity index (χ1) is 9.17. The molecule has 100 valence electrons. The van der Waals surface area contributed by atoms with Crippen LogP contribution in [0.5, 0.6) is 5.75 Å². The van der Waals surface area contributed by atoms with E-state index in [9.17, 15) is 0 Å². The zero-order chi connectivity index (χ0) is 13.4. The number of methoxy groups -OCH3 is 1. The van der Waals surface area contributed by atoms with Crippen LogP contribution in [0.15, 0.2) is 28.1 Å². The summed E-state index contributed by atoms with van der Waals surface area (Å²) in [6, 6.07) is 6.41. The van der Waals surface area contributed by atoms with Crippen LogP contribution < -0.4 is 10.5 Å². The van der Waals surface area contributed by atoms with Crippen molar-refractivity contribution in [1.29, 1.82) is 0 Å². The number of benzene rings is 1. The molecule has 1 fully saturated rings. The molecule has 3 rings (SSSR count). The van der Waals surface area contributed by atoms with Crippen LogP contribution in [0.2, 0.25) is 0 Å². The molecule has 1 aromatic carbocycles. The quantitative estimate of drug-likeness (QED) is 0.926. The predicted octanol–water partition coefficient (Wildman–Crippen LogP) is 3.79. The lowest BCUT2D eigenvalue weighted by Gasteiger charge is -2.30. The Balaban J connectivity index is 1.84. The number of ether oxygens (including phenoxy) is 1. The van der Waals surface area contributed by atoms with E-state index in [1.165, 1.54) is 5.69 Å². The molecule has 0 unspecified atom stereocenters. The number of hydrogen-bond acceptors (Lipinski definition) is 4. The van der Waals surface area contributed by atoms with Gasteiger partial charge in [0.2, 0.25) is 0 Å². The second-order valence-electron chi connectivity index (χ2n) is 4.86. The molecular weight excluding hydrogens is 324 g/mol. The molecule has 2 aromatic rings. The average molecular weight is 339 g/mol. The maximum absolute atomic E-state index is 5.83. The van der Waals surface area contributed by atoms with Gasteiger partial charge in [-0.1, -0.05) is 0 Å². The van der Waals surface area contributed by atoms with E-state index in [0.29, 0.717) is 12.0 Å². The smallest absolute Gasteiger partial charge is 0.133 e. The van der Waals surface area contributed by atoms with Crippen molar-refractivity contribution in [3.63, 3.8) is 0 Å². The summed E-state index contributed by atoms with van der Waals surface area (Å²) in [4.78, 5) is 4.73. The fourth-order valence-corrected chi connectivity index (χ4v) is 3.75. The third-order valence-electron chi connectivity index (χ3n) is 3.51. The van der Waals surface area contributed by atoms with Crippen LogP contribution in [0.25, 0.3) is 10.6 Å². The van der Waals surface area contributed by atoms with Crippen molar-refractivity contribution < 1.29 is 4.74 Å². The third-order valence-corrected chi connectivity index (χ3v) is 5.04. The Morgan fingerprint density at radius 2 is 2.21 bits per heavy atom. The largest absolute Gasteiger partial charge is 0.496 e. The van der Waals surface area contributed by atoms with Crippen LogP contribution >= 0.6 is 27.3 Å². The molecule has 0 amide bonds. The number of thiazole rings is 1. The SMILES string of the molecule is COc1ccc(-c2nc(C3CC(N)C3)cs2)cc1Br. The van der Waals surface area contributed by atoms with Gasteiger partial charge in [0.05, 0.1) is 17.3 Å². The summed E-state index contributed by atoms with van der Waals surface area (Å²) in [5.41, 5.74) is 8.14. The maximum Gasteiger partial charge on any atom is 0.133 e. The molecular formula is C14H15BrN2OS. The molecule has 3 nitrogen and oxygen atoms in total. The minimum Gasteiger partial charge on any atom is -0.496 e. The van der Waals surface area contributed by atoms with Crippen LogP contribution in [0.4, 0.5) is 0 Å². The minimum absolute atomic E-state index is 0.366. The van der Waals surface area contributed by atoms with Gasteiger partial charge in [-0.2, -0.15) is 0 Å². The van der Waals surface area contributed by atoms with Gasteiger partial charge in [0.1, 0.15) is 10.8 Å². The van der Waals surface area contributed by atoms with E-state index in [4.69, 9.17) is 15.5 Å². The predicted molar refractivity (Wildman–Crippen MR) is 81.8 cm³/mol. The fraction of sp³-hybridized carbons (Fsp3) is 0.357. The van der Waals surface area contributed by atoms with E-state index >= 15 is 0 Å². The normalized spacial score (nSPS) is 22.1. The molecule has 2 N–H and O–H groups in total. The first-order valence-electron chi connectivity index (χ1n) is 6.22. The Bertz CT molecular complexity index is 593. The van der Waals surface area contributed by atoms with E-state index in [-0.39, 0.29) is 0 Å². The number of rotatable bonds is 3. The van der Waals surface area contributed by atoms with Crippen LogP contribution in [0.1, 0.15) is 24.5 Å². The summed E-state index contributed by atoms with van der Waals surface area (Å²) < 4.78 is 6.19. The summed E-state index contributed by atoms with van der Waals surface area (Å²) in [7, 11) is 1.67. The highest BCUT2D eigenvalue weighted by atomic mass is 79.9. The van der Waals surface area contributed by atoms with E-state index in [1.807, 2.05) is 18.2 Å². The van der Waals surface area contributed by atoms with Crippen LogP contribution in [-0.4, -0.2) is 18.1 Å². The number of nitrogens with zero attached hydrogens (tertiary/aromatic N) is 1. The first-order valence-corrected chi connectivity index (χ1v) is 7.89. The lowest BCUT2D eigenvalue weighted by molar-refractivity contribution is 0.346. The lowest BCUT2D eigenvalue weighted by atomic mass is 9.79. The third kappa shape index (κ3) is 2.55. The second kappa shape index (κ2) is 5.23. The van der Waals surface area contributed by atoms with Crippen molar-refractivity contribution in [3.8, 4) is 16.3 Å². The van der Waals surface area contributed by atoms with Crippen molar-refractivity contribution in [3.05, 3.63) is 33.7 Å². The van der Waals surface area contributed by atoms with Crippen LogP contribution in [0, 0.1) is 0 Å². The molecule has 1 saturated carbocycles. The zero-order valence-corrected chi connectivity index (χ0v) is 13.0. The van der Waals surface area contributed by atoms with Crippen molar-refractivity contribution in [2.75, 3.05) is 7.11 Å². The molecule has 0 atom stereocenters. The summed E-state index contributed by atoms with van der Waals surface area (Å²) in [5, 5.41) is 3.21. The Hall–Kier alpha value is -0.910. The van der Waals surface area contributed by atoms with Crippen molar-refractivity contribution in [2.24, 2.45) is 5.73 Å². The van der Waals surface area contributed by atoms with Crippen molar-refractivity contribution in [1.82, 2.24) is 4.98 Å². The molecule has 0 bridgehead atoms. The van der Waals surface area contributed by atoms with Gasteiger partial charge >= 0.3 is 0 Å². The van der Waals surface area contributed by atoms with Gasteiger partial charge in [0, 0.05) is 22.9 Å². The number of halogens is 1. The van der Waals surface area contributed by atoms with Gasteiger partial charge in [-0.05, 0) is 47.0 Å². The zero-order valence-electron chi connectivity index (χ0n) is 10.6. The Morgan fingerprint density at radius 1 is 1.42 bits per heavy atom. The maximum atomic E-state index is 5.83. The second-order valence-corrected chi connectivity index (χ2v) is 6.57. The van der Waals surface area contributed by atoms with E-state index < -0.39 is 0 Å². The van der Waals surface area contributed by atoms with E-state index in [0.717, 1.165) is 33.6 Å². The standard InChI is InChI=1S/C14H15BrN2OS/c1-18-13-3-2-8(6-11(13)15)14-17-12(7-19-14)9-4-10(16)5-9/h2-3,6-7,9-10H,4-5,16H2,1H3. The monoisotopic (exact) mass is 338 g/mol. The van der Waals surface area contributed by atoms with Crippen LogP contribution in [-0.2, 0) is 0 Å². The molecule has 1 heterocycles. The van der Waals surface area contributed by atoms with Gasteiger partial charge in [0.25, 0.3) is 0 Å². The number of aromatic nitrogens is 1. The molecule has 0 saturated heterocycles. The number of hydrogen-bond donors (Lipinski definition) is 1. The van der Waals surface area contributed by atoms with E-state index in [2.05, 4.69) is 21.3 Å². The molecule has 0 aliphatic heterocycles. The average Bonchev–Trinajstić information content (AvgIpc) is 2.84. The molecule has 19 heavy (non-hydrogen) atoms. The number of nitrogens with two attached hydrogens (primary N) is 1. The van der Waals surface area contributed by atoms with Gasteiger partial charge < -0.3 is 10.5 Å². The highest BCUT2D eigenvalue weighted by molar-refractivity contribution is 9.10. The Kier molecular flexibility index (Phi) is 3.60. The molecule has 1 aromatic heterocycles. The Morgan fingerprint density at radius 3 is 2.84 bits per heavy atom.